The summed E-state index contributed by atoms with van der Waals surface area (Å²) in [6.07, 6.45) is 0.0159. The molecule has 82 valence electrons. The molecule has 6 nitrogen and oxygen atoms in total. The number of rotatable bonds is 4. The first kappa shape index (κ1) is 11.2. The van der Waals surface area contributed by atoms with Crippen LogP contribution >= 0.6 is 0 Å². The Morgan fingerprint density at radius 1 is 1.60 bits per heavy atom. The maximum atomic E-state index is 10.7. The van der Waals surface area contributed by atoms with Crippen molar-refractivity contribution in [2.45, 2.75) is 26.8 Å². The monoisotopic (exact) mass is 211 g/mol. The fourth-order valence-corrected chi connectivity index (χ4v) is 1.18. The van der Waals surface area contributed by atoms with Gasteiger partial charge in [-0.15, -0.1) is 0 Å². The Bertz CT molecular complexity index is 384. The lowest BCUT2D eigenvalue weighted by molar-refractivity contribution is -0.137. The van der Waals surface area contributed by atoms with Gasteiger partial charge in [-0.25, -0.2) is 0 Å². The number of carbonyl (C=O) groups excluding carboxylic acids is 1. The molecule has 2 N–H and O–H groups in total. The summed E-state index contributed by atoms with van der Waals surface area (Å²) in [5.41, 5.74) is 0.819. The minimum absolute atomic E-state index is 0.0159. The van der Waals surface area contributed by atoms with Gasteiger partial charge in [-0.05, 0) is 6.92 Å². The molecule has 0 radical (unpaired) electrons. The number of hydrogen-bond acceptors (Lipinski definition) is 3. The molecule has 1 aromatic heterocycles. The van der Waals surface area contributed by atoms with Crippen molar-refractivity contribution >= 4 is 17.7 Å². The van der Waals surface area contributed by atoms with Crippen molar-refractivity contribution in [2.75, 3.05) is 5.32 Å². The number of aryl methyl sites for hydroxylation is 2. The molecule has 0 unspecified atom stereocenters. The molecule has 1 heterocycles. The van der Waals surface area contributed by atoms with E-state index in [1.165, 1.54) is 6.92 Å². The van der Waals surface area contributed by atoms with Crippen LogP contribution in [0.5, 0.6) is 0 Å². The molecule has 0 aliphatic heterocycles. The van der Waals surface area contributed by atoms with E-state index in [1.807, 2.05) is 0 Å². The van der Waals surface area contributed by atoms with Gasteiger partial charge in [-0.2, -0.15) is 5.10 Å². The molecular formula is C9H13N3O3. The summed E-state index contributed by atoms with van der Waals surface area (Å²) in [5, 5.41) is 15.1. The van der Waals surface area contributed by atoms with E-state index >= 15 is 0 Å². The van der Waals surface area contributed by atoms with Gasteiger partial charge in [0.25, 0.3) is 0 Å². The number of nitrogens with zero attached hydrogens (tertiary/aromatic N) is 2. The van der Waals surface area contributed by atoms with E-state index in [9.17, 15) is 9.59 Å². The first-order valence-corrected chi connectivity index (χ1v) is 4.53. The second kappa shape index (κ2) is 4.59. The third-order valence-corrected chi connectivity index (χ3v) is 1.82. The largest absolute Gasteiger partial charge is 0.481 e. The van der Waals surface area contributed by atoms with Crippen LogP contribution in [0.1, 0.15) is 19.0 Å². The summed E-state index contributed by atoms with van der Waals surface area (Å²) in [4.78, 5) is 21.1. The van der Waals surface area contributed by atoms with Gasteiger partial charge in [0.05, 0.1) is 13.0 Å². The summed E-state index contributed by atoms with van der Waals surface area (Å²) in [5.74, 6) is -0.616. The van der Waals surface area contributed by atoms with Crippen LogP contribution in [0.15, 0.2) is 6.07 Å². The Morgan fingerprint density at radius 2 is 2.27 bits per heavy atom. The van der Waals surface area contributed by atoms with Crippen LogP contribution in [0.3, 0.4) is 0 Å². The maximum Gasteiger partial charge on any atom is 0.305 e. The van der Waals surface area contributed by atoms with E-state index in [1.54, 1.807) is 17.7 Å². The van der Waals surface area contributed by atoms with E-state index < -0.39 is 5.97 Å². The summed E-state index contributed by atoms with van der Waals surface area (Å²) in [6.45, 7) is 3.51. The first-order valence-electron chi connectivity index (χ1n) is 4.53. The predicted molar refractivity (Wildman–Crippen MR) is 53.5 cm³/mol. The van der Waals surface area contributed by atoms with Gasteiger partial charge in [0.1, 0.15) is 0 Å². The van der Waals surface area contributed by atoms with E-state index in [0.717, 1.165) is 5.69 Å². The zero-order valence-electron chi connectivity index (χ0n) is 8.65. The van der Waals surface area contributed by atoms with Gasteiger partial charge in [0, 0.05) is 18.7 Å². The number of amides is 1. The maximum absolute atomic E-state index is 10.7. The second-order valence-electron chi connectivity index (χ2n) is 3.22. The minimum atomic E-state index is -0.869. The van der Waals surface area contributed by atoms with Crippen molar-refractivity contribution in [3.63, 3.8) is 0 Å². The van der Waals surface area contributed by atoms with Crippen molar-refractivity contribution in [2.24, 2.45) is 0 Å². The number of carbonyl (C=O) groups is 2. The van der Waals surface area contributed by atoms with Crippen molar-refractivity contribution in [1.29, 1.82) is 0 Å². The lowest BCUT2D eigenvalue weighted by Crippen LogP contribution is -2.09. The van der Waals surface area contributed by atoms with Gasteiger partial charge >= 0.3 is 5.97 Å². The Balaban J connectivity index is 2.68. The van der Waals surface area contributed by atoms with Crippen molar-refractivity contribution in [1.82, 2.24) is 9.78 Å². The second-order valence-corrected chi connectivity index (χ2v) is 3.22. The van der Waals surface area contributed by atoms with Crippen LogP contribution in [0.4, 0.5) is 5.82 Å². The van der Waals surface area contributed by atoms with Crippen LogP contribution in [0.2, 0.25) is 0 Å². The van der Waals surface area contributed by atoms with Gasteiger partial charge in [0.2, 0.25) is 5.91 Å². The highest BCUT2D eigenvalue weighted by Gasteiger charge is 2.06. The van der Waals surface area contributed by atoms with Crippen LogP contribution in [0.25, 0.3) is 0 Å². The summed E-state index contributed by atoms with van der Waals surface area (Å²) in [7, 11) is 0. The van der Waals surface area contributed by atoms with Crippen molar-refractivity contribution in [3.8, 4) is 0 Å². The van der Waals surface area contributed by atoms with E-state index in [-0.39, 0.29) is 12.3 Å². The third-order valence-electron chi connectivity index (χ3n) is 1.82. The fraction of sp³-hybridized carbons (Fsp3) is 0.444. The van der Waals surface area contributed by atoms with Gasteiger partial charge in [-0.3, -0.25) is 14.3 Å². The van der Waals surface area contributed by atoms with Crippen LogP contribution < -0.4 is 5.32 Å². The highest BCUT2D eigenvalue weighted by atomic mass is 16.4. The SMILES string of the molecule is CC(=O)Nc1cc(C)n(CCC(=O)O)n1. The topological polar surface area (TPSA) is 84.2 Å². The Morgan fingerprint density at radius 3 is 2.80 bits per heavy atom. The van der Waals surface area contributed by atoms with Crippen molar-refractivity contribution < 1.29 is 14.7 Å². The Hall–Kier alpha value is -1.85. The molecule has 0 aliphatic carbocycles. The average Bonchev–Trinajstić information content (AvgIpc) is 2.41. The summed E-state index contributed by atoms with van der Waals surface area (Å²) >= 11 is 0. The number of aromatic nitrogens is 2. The molecule has 0 bridgehead atoms. The normalized spacial score (nSPS) is 10.0. The highest BCUT2D eigenvalue weighted by molar-refractivity contribution is 5.87. The van der Waals surface area contributed by atoms with Crippen LogP contribution in [0, 0.1) is 6.92 Å². The molecule has 1 rings (SSSR count). The number of carboxylic acids is 1. The fourth-order valence-electron chi connectivity index (χ4n) is 1.18. The number of nitrogens with one attached hydrogen (secondary N) is 1. The molecule has 0 fully saturated rings. The zero-order chi connectivity index (χ0) is 11.4. The number of hydrogen-bond donors (Lipinski definition) is 2. The van der Waals surface area contributed by atoms with Gasteiger partial charge < -0.3 is 10.4 Å². The third kappa shape index (κ3) is 3.41. The Kier molecular flexibility index (Phi) is 3.43. The van der Waals surface area contributed by atoms with Gasteiger partial charge in [-0.1, -0.05) is 0 Å². The lowest BCUT2D eigenvalue weighted by atomic mass is 10.4. The molecule has 0 aromatic carbocycles. The molecule has 6 heteroatoms. The highest BCUT2D eigenvalue weighted by Crippen LogP contribution is 2.08. The number of aliphatic carboxylic acids is 1. The Labute approximate surface area is 86.9 Å². The van der Waals surface area contributed by atoms with Crippen LogP contribution in [-0.2, 0) is 16.1 Å². The molecule has 0 atom stereocenters. The molecular weight excluding hydrogens is 198 g/mol. The smallest absolute Gasteiger partial charge is 0.305 e. The molecule has 0 spiro atoms. The first-order chi connectivity index (χ1) is 6.99. The van der Waals surface area contributed by atoms with Crippen molar-refractivity contribution in [3.05, 3.63) is 11.8 Å². The quantitative estimate of drug-likeness (QED) is 0.764. The molecule has 1 amide bonds. The predicted octanol–water partition coefficient (Wildman–Crippen LogP) is 0.625. The number of anilines is 1. The molecule has 0 aliphatic rings. The van der Waals surface area contributed by atoms with Crippen LogP contribution in [-0.4, -0.2) is 26.8 Å². The summed E-state index contributed by atoms with van der Waals surface area (Å²) < 4.78 is 1.55. The van der Waals surface area contributed by atoms with E-state index in [0.29, 0.717) is 12.4 Å². The molecule has 0 saturated heterocycles. The molecule has 1 aromatic rings. The van der Waals surface area contributed by atoms with E-state index in [4.69, 9.17) is 5.11 Å². The minimum Gasteiger partial charge on any atom is -0.481 e. The summed E-state index contributed by atoms with van der Waals surface area (Å²) in [6, 6.07) is 1.70. The van der Waals surface area contributed by atoms with E-state index in [2.05, 4.69) is 10.4 Å². The molecule has 15 heavy (non-hydrogen) atoms. The standard InChI is InChI=1S/C9H13N3O3/c1-6-5-8(10-7(2)13)11-12(6)4-3-9(14)15/h5H,3-4H2,1-2H3,(H,14,15)(H,10,11,13). The lowest BCUT2D eigenvalue weighted by Gasteiger charge is -2.00. The van der Waals surface area contributed by atoms with Gasteiger partial charge in [0.15, 0.2) is 5.82 Å². The zero-order valence-corrected chi connectivity index (χ0v) is 8.65. The number of carboxylic acid groups (broad SMARTS) is 1. The molecule has 0 saturated carbocycles. The average molecular weight is 211 g/mol.